The molecule has 30 heavy (non-hydrogen) atoms. The first-order chi connectivity index (χ1) is 14.5. The highest BCUT2D eigenvalue weighted by atomic mass is 16.5. The van der Waals surface area contributed by atoms with Crippen LogP contribution in [0.25, 0.3) is 11.1 Å². The van der Waals surface area contributed by atoms with E-state index in [0.717, 1.165) is 11.1 Å². The number of alkyl carbamates (subject to hydrolysis) is 1. The van der Waals surface area contributed by atoms with Gasteiger partial charge >= 0.3 is 12.1 Å². The lowest BCUT2D eigenvalue weighted by Gasteiger charge is -2.14. The Labute approximate surface area is 175 Å². The Balaban J connectivity index is 1.35. The van der Waals surface area contributed by atoms with Crippen LogP contribution in [0, 0.1) is 0 Å². The van der Waals surface area contributed by atoms with Gasteiger partial charge in [-0.15, -0.1) is 0 Å². The largest absolute Gasteiger partial charge is 0.481 e. The summed E-state index contributed by atoms with van der Waals surface area (Å²) >= 11 is 0. The summed E-state index contributed by atoms with van der Waals surface area (Å²) in [5.74, 6) is -1.39. The van der Waals surface area contributed by atoms with Gasteiger partial charge in [0.1, 0.15) is 6.61 Å². The normalized spacial score (nSPS) is 13.2. The molecule has 1 amide bonds. The fourth-order valence-corrected chi connectivity index (χ4v) is 3.89. The number of carboxylic acid groups (broad SMARTS) is 1. The Morgan fingerprint density at radius 1 is 0.933 bits per heavy atom. The molecule has 3 aromatic rings. The molecule has 0 spiro atoms. The average molecular weight is 401 g/mol. The molecule has 0 aromatic heterocycles. The molecule has 0 radical (unpaired) electrons. The maximum absolute atomic E-state index is 12.3. The minimum atomic E-state index is -0.862. The summed E-state index contributed by atoms with van der Waals surface area (Å²) in [6.45, 7) is 2.24. The molecule has 3 aromatic carbocycles. The van der Waals surface area contributed by atoms with Crippen LogP contribution in [0.5, 0.6) is 0 Å². The number of benzene rings is 3. The molecule has 0 aliphatic heterocycles. The standard InChI is InChI=1S/C25H23NO4/c1-16(24(27)28)18-12-10-17(11-13-18)14-26-25(29)30-15-23-21-8-4-2-6-19(21)20-7-3-5-9-22(20)23/h2-13,16,23H,14-15H2,1H3,(H,26,29)(H,27,28). The SMILES string of the molecule is CC(C(=O)O)c1ccc(CNC(=O)OCC2c3ccccc3-c3ccccc32)cc1. The van der Waals surface area contributed by atoms with Gasteiger partial charge in [0.15, 0.2) is 0 Å². The van der Waals surface area contributed by atoms with Crippen molar-refractivity contribution in [2.75, 3.05) is 6.61 Å². The first-order valence-corrected chi connectivity index (χ1v) is 9.95. The number of nitrogens with one attached hydrogen (secondary N) is 1. The van der Waals surface area contributed by atoms with Crippen molar-refractivity contribution in [3.8, 4) is 11.1 Å². The molecular weight excluding hydrogens is 378 g/mol. The van der Waals surface area contributed by atoms with E-state index in [9.17, 15) is 9.59 Å². The number of ether oxygens (including phenoxy) is 1. The summed E-state index contributed by atoms with van der Waals surface area (Å²) in [4.78, 5) is 23.3. The average Bonchev–Trinajstić information content (AvgIpc) is 3.10. The van der Waals surface area contributed by atoms with Crippen molar-refractivity contribution in [2.24, 2.45) is 0 Å². The molecule has 1 atom stereocenters. The lowest BCUT2D eigenvalue weighted by molar-refractivity contribution is -0.138. The lowest BCUT2D eigenvalue weighted by Crippen LogP contribution is -2.25. The predicted octanol–water partition coefficient (Wildman–Crippen LogP) is 4.91. The molecule has 0 heterocycles. The summed E-state index contributed by atoms with van der Waals surface area (Å²) in [6, 6.07) is 23.6. The first kappa shape index (κ1) is 19.7. The van der Waals surface area contributed by atoms with Crippen molar-refractivity contribution >= 4 is 12.1 Å². The van der Waals surface area contributed by atoms with Gasteiger partial charge in [0.25, 0.3) is 0 Å². The van der Waals surface area contributed by atoms with Crippen LogP contribution in [0.1, 0.15) is 41.0 Å². The minimum absolute atomic E-state index is 0.0277. The van der Waals surface area contributed by atoms with Gasteiger partial charge < -0.3 is 15.2 Å². The van der Waals surface area contributed by atoms with E-state index >= 15 is 0 Å². The van der Waals surface area contributed by atoms with E-state index in [-0.39, 0.29) is 12.5 Å². The number of amides is 1. The maximum Gasteiger partial charge on any atom is 0.407 e. The van der Waals surface area contributed by atoms with Crippen molar-refractivity contribution in [3.05, 3.63) is 95.1 Å². The van der Waals surface area contributed by atoms with E-state index < -0.39 is 18.0 Å². The van der Waals surface area contributed by atoms with Crippen LogP contribution < -0.4 is 5.32 Å². The van der Waals surface area contributed by atoms with Gasteiger partial charge in [-0.2, -0.15) is 0 Å². The highest BCUT2D eigenvalue weighted by molar-refractivity contribution is 5.79. The molecular formula is C25H23NO4. The Kier molecular flexibility index (Phi) is 5.53. The number of fused-ring (bicyclic) bond motifs is 3. The second kappa shape index (κ2) is 8.41. The van der Waals surface area contributed by atoms with Gasteiger partial charge in [0, 0.05) is 12.5 Å². The Morgan fingerprint density at radius 3 is 2.07 bits per heavy atom. The van der Waals surface area contributed by atoms with E-state index in [2.05, 4.69) is 29.6 Å². The number of hydrogen-bond donors (Lipinski definition) is 2. The molecule has 2 N–H and O–H groups in total. The van der Waals surface area contributed by atoms with E-state index in [0.29, 0.717) is 6.54 Å². The highest BCUT2D eigenvalue weighted by Gasteiger charge is 2.28. The molecule has 1 unspecified atom stereocenters. The van der Waals surface area contributed by atoms with Crippen molar-refractivity contribution < 1.29 is 19.4 Å². The Hall–Kier alpha value is -3.60. The molecule has 1 aliphatic rings. The summed E-state index contributed by atoms with van der Waals surface area (Å²) in [7, 11) is 0. The first-order valence-electron chi connectivity index (χ1n) is 9.95. The number of rotatable bonds is 6. The van der Waals surface area contributed by atoms with Gasteiger partial charge in [-0.25, -0.2) is 4.79 Å². The van der Waals surface area contributed by atoms with Crippen LogP contribution in [0.15, 0.2) is 72.8 Å². The Bertz CT molecular complexity index is 1030. The van der Waals surface area contributed by atoms with Crippen molar-refractivity contribution in [3.63, 3.8) is 0 Å². The van der Waals surface area contributed by atoms with Crippen LogP contribution in [0.4, 0.5) is 4.79 Å². The van der Waals surface area contributed by atoms with E-state index in [4.69, 9.17) is 9.84 Å². The van der Waals surface area contributed by atoms with Crippen LogP contribution in [-0.2, 0) is 16.1 Å². The van der Waals surface area contributed by atoms with E-state index in [1.807, 2.05) is 36.4 Å². The van der Waals surface area contributed by atoms with Crippen LogP contribution in [-0.4, -0.2) is 23.8 Å². The number of hydrogen-bond acceptors (Lipinski definition) is 3. The molecule has 5 nitrogen and oxygen atoms in total. The smallest absolute Gasteiger partial charge is 0.407 e. The molecule has 0 saturated carbocycles. The second-order valence-electron chi connectivity index (χ2n) is 7.48. The molecule has 5 heteroatoms. The third-order valence-corrected chi connectivity index (χ3v) is 5.63. The van der Waals surface area contributed by atoms with Crippen molar-refractivity contribution in [1.82, 2.24) is 5.32 Å². The quantitative estimate of drug-likeness (QED) is 0.615. The number of carboxylic acids is 1. The second-order valence-corrected chi connectivity index (χ2v) is 7.48. The molecule has 1 aliphatic carbocycles. The number of aliphatic carboxylic acids is 1. The minimum Gasteiger partial charge on any atom is -0.481 e. The fraction of sp³-hybridized carbons (Fsp3) is 0.200. The summed E-state index contributed by atoms with van der Waals surface area (Å²) < 4.78 is 5.53. The molecule has 0 fully saturated rings. The zero-order valence-electron chi connectivity index (χ0n) is 16.7. The van der Waals surface area contributed by atoms with Crippen LogP contribution >= 0.6 is 0 Å². The summed E-state index contributed by atoms with van der Waals surface area (Å²) in [5.41, 5.74) is 6.34. The highest BCUT2D eigenvalue weighted by Crippen LogP contribution is 2.44. The topological polar surface area (TPSA) is 75.6 Å². The van der Waals surface area contributed by atoms with Gasteiger partial charge in [-0.1, -0.05) is 72.8 Å². The zero-order chi connectivity index (χ0) is 21.1. The summed E-state index contributed by atoms with van der Waals surface area (Å²) in [5, 5.41) is 11.8. The van der Waals surface area contributed by atoms with Gasteiger partial charge in [0.05, 0.1) is 5.92 Å². The van der Waals surface area contributed by atoms with Crippen molar-refractivity contribution in [1.29, 1.82) is 0 Å². The molecule has 152 valence electrons. The van der Waals surface area contributed by atoms with Crippen molar-refractivity contribution in [2.45, 2.75) is 25.3 Å². The molecule has 0 saturated heterocycles. The Morgan fingerprint density at radius 2 is 1.50 bits per heavy atom. The van der Waals surface area contributed by atoms with Gasteiger partial charge in [0.2, 0.25) is 0 Å². The van der Waals surface area contributed by atoms with Gasteiger partial charge in [-0.05, 0) is 40.3 Å². The third kappa shape index (κ3) is 3.92. The third-order valence-electron chi connectivity index (χ3n) is 5.63. The lowest BCUT2D eigenvalue weighted by atomic mass is 9.98. The van der Waals surface area contributed by atoms with Crippen LogP contribution in [0.2, 0.25) is 0 Å². The predicted molar refractivity (Wildman–Crippen MR) is 114 cm³/mol. The summed E-state index contributed by atoms with van der Waals surface area (Å²) in [6.07, 6.45) is -0.472. The molecule has 4 rings (SSSR count). The van der Waals surface area contributed by atoms with E-state index in [1.165, 1.54) is 22.3 Å². The monoisotopic (exact) mass is 401 g/mol. The van der Waals surface area contributed by atoms with Crippen LogP contribution in [0.3, 0.4) is 0 Å². The molecule has 0 bridgehead atoms. The zero-order valence-corrected chi connectivity index (χ0v) is 16.7. The van der Waals surface area contributed by atoms with Gasteiger partial charge in [-0.3, -0.25) is 4.79 Å². The number of carbonyl (C=O) groups is 2. The maximum atomic E-state index is 12.3. The number of carbonyl (C=O) groups excluding carboxylic acids is 1. The fourth-order valence-electron chi connectivity index (χ4n) is 3.89. The van der Waals surface area contributed by atoms with E-state index in [1.54, 1.807) is 19.1 Å².